The minimum atomic E-state index is -0.428. The highest BCUT2D eigenvalue weighted by Crippen LogP contribution is 2.37. The second-order valence-corrected chi connectivity index (χ2v) is 7.05. The second kappa shape index (κ2) is 10.1. The average molecular weight is 400 g/mol. The van der Waals surface area contributed by atoms with Crippen LogP contribution in [0.4, 0.5) is 0 Å². The number of carbonyl (C=O) groups is 2. The van der Waals surface area contributed by atoms with E-state index in [1.54, 1.807) is 42.2 Å². The van der Waals surface area contributed by atoms with E-state index in [9.17, 15) is 9.59 Å². The van der Waals surface area contributed by atoms with Crippen molar-refractivity contribution in [2.75, 3.05) is 13.2 Å². The van der Waals surface area contributed by atoms with Gasteiger partial charge in [0.25, 0.3) is 0 Å². The quantitative estimate of drug-likeness (QED) is 0.447. The fraction of sp³-hybridized carbons (Fsp3) is 0.304. The highest BCUT2D eigenvalue weighted by Gasteiger charge is 2.36. The van der Waals surface area contributed by atoms with Gasteiger partial charge in [0.15, 0.2) is 0 Å². The Morgan fingerprint density at radius 3 is 2.57 bits per heavy atom. The molecule has 0 aromatic heterocycles. The maximum atomic E-state index is 13.0. The lowest BCUT2D eigenvalue weighted by Gasteiger charge is -2.34. The van der Waals surface area contributed by atoms with E-state index in [1.807, 2.05) is 19.1 Å². The van der Waals surface area contributed by atoms with Crippen molar-refractivity contribution in [3.05, 3.63) is 83.1 Å². The summed E-state index contributed by atoms with van der Waals surface area (Å²) in [7, 11) is 0. The fourth-order valence-corrected chi connectivity index (χ4v) is 3.44. The molecule has 2 rings (SSSR count). The number of allylic oxidation sites excluding steroid dienone is 3. The molecule has 1 aliphatic heterocycles. The van der Waals surface area contributed by atoms with E-state index in [0.29, 0.717) is 22.8 Å². The Bertz CT molecular complexity index is 821. The summed E-state index contributed by atoms with van der Waals surface area (Å²) in [5, 5.41) is 0.605. The van der Waals surface area contributed by atoms with Gasteiger partial charge in [-0.25, -0.2) is 4.79 Å². The molecule has 28 heavy (non-hydrogen) atoms. The normalized spacial score (nSPS) is 17.5. The summed E-state index contributed by atoms with van der Waals surface area (Å²) in [6, 6.07) is 7.23. The van der Waals surface area contributed by atoms with Crippen molar-refractivity contribution in [1.29, 1.82) is 0 Å². The fourth-order valence-electron chi connectivity index (χ4n) is 3.31. The Morgan fingerprint density at radius 2 is 2.00 bits per heavy atom. The van der Waals surface area contributed by atoms with E-state index in [4.69, 9.17) is 16.3 Å². The van der Waals surface area contributed by atoms with Gasteiger partial charge in [0, 0.05) is 29.6 Å². The largest absolute Gasteiger partial charge is 0.457 e. The maximum absolute atomic E-state index is 13.0. The minimum absolute atomic E-state index is 0.00850. The SMILES string of the molecule is C=C/C=C(\C=C)COC(=O)C1=C(C)N(CCC)C(=O)CC1c1ccc(Cl)cc1. The molecule has 5 heteroatoms. The first kappa shape index (κ1) is 21.7. The smallest absolute Gasteiger partial charge is 0.336 e. The van der Waals surface area contributed by atoms with Gasteiger partial charge < -0.3 is 9.64 Å². The van der Waals surface area contributed by atoms with E-state index < -0.39 is 5.97 Å². The lowest BCUT2D eigenvalue weighted by Crippen LogP contribution is -2.38. The topological polar surface area (TPSA) is 46.6 Å². The summed E-state index contributed by atoms with van der Waals surface area (Å²) < 4.78 is 5.55. The van der Waals surface area contributed by atoms with Crippen molar-refractivity contribution in [3.63, 3.8) is 0 Å². The average Bonchev–Trinajstić information content (AvgIpc) is 2.68. The van der Waals surface area contributed by atoms with Crippen LogP contribution in [0.15, 0.2) is 72.5 Å². The van der Waals surface area contributed by atoms with Crippen LogP contribution in [0.1, 0.15) is 38.2 Å². The molecule has 1 amide bonds. The number of hydrogen-bond acceptors (Lipinski definition) is 3. The molecule has 0 radical (unpaired) electrons. The standard InChI is InChI=1S/C23H26ClNO3/c1-5-8-17(7-3)15-28-23(27)22-16(4)25(13-6-2)21(26)14-20(22)18-9-11-19(24)12-10-18/h5,7-12,20H,1,3,6,13-15H2,2,4H3/b17-8+. The van der Waals surface area contributed by atoms with Crippen molar-refractivity contribution in [1.82, 2.24) is 4.90 Å². The molecule has 4 nitrogen and oxygen atoms in total. The van der Waals surface area contributed by atoms with Gasteiger partial charge in [0.1, 0.15) is 6.61 Å². The molecule has 0 aliphatic carbocycles. The third kappa shape index (κ3) is 5.02. The molecule has 0 saturated heterocycles. The number of nitrogens with zero attached hydrogens (tertiary/aromatic N) is 1. The van der Waals surface area contributed by atoms with Crippen molar-refractivity contribution in [3.8, 4) is 0 Å². The Morgan fingerprint density at radius 1 is 1.32 bits per heavy atom. The van der Waals surface area contributed by atoms with Crippen LogP contribution in [0.25, 0.3) is 0 Å². The number of benzene rings is 1. The predicted molar refractivity (Wildman–Crippen MR) is 113 cm³/mol. The first-order chi connectivity index (χ1) is 13.4. The first-order valence-corrected chi connectivity index (χ1v) is 9.68. The number of carbonyl (C=O) groups excluding carboxylic acids is 2. The molecule has 0 fully saturated rings. The van der Waals surface area contributed by atoms with Gasteiger partial charge in [-0.15, -0.1) is 0 Å². The third-order valence-corrected chi connectivity index (χ3v) is 4.98. The summed E-state index contributed by atoms with van der Waals surface area (Å²) in [6.45, 7) is 11.8. The molecular formula is C23H26ClNO3. The van der Waals surface area contributed by atoms with Crippen LogP contribution in [0.5, 0.6) is 0 Å². The molecule has 0 N–H and O–H groups in total. The van der Waals surface area contributed by atoms with Crippen LogP contribution < -0.4 is 0 Å². The van der Waals surface area contributed by atoms with Gasteiger partial charge in [-0.2, -0.15) is 0 Å². The van der Waals surface area contributed by atoms with Gasteiger partial charge in [0.2, 0.25) is 5.91 Å². The Balaban J connectivity index is 2.41. The van der Waals surface area contributed by atoms with E-state index >= 15 is 0 Å². The molecule has 1 heterocycles. The van der Waals surface area contributed by atoms with Crippen LogP contribution >= 0.6 is 11.6 Å². The van der Waals surface area contributed by atoms with Crippen LogP contribution in [-0.4, -0.2) is 29.9 Å². The Kier molecular flexibility index (Phi) is 7.82. The van der Waals surface area contributed by atoms with Gasteiger partial charge >= 0.3 is 5.97 Å². The highest BCUT2D eigenvalue weighted by atomic mass is 35.5. The van der Waals surface area contributed by atoms with Gasteiger partial charge in [0.05, 0.1) is 5.57 Å². The van der Waals surface area contributed by atoms with Gasteiger partial charge in [-0.05, 0) is 36.6 Å². The third-order valence-electron chi connectivity index (χ3n) is 4.73. The van der Waals surface area contributed by atoms with E-state index in [1.165, 1.54) is 0 Å². The molecule has 1 aliphatic rings. The number of esters is 1. The monoisotopic (exact) mass is 399 g/mol. The van der Waals surface area contributed by atoms with Crippen LogP contribution in [0.2, 0.25) is 5.02 Å². The zero-order valence-electron chi connectivity index (χ0n) is 16.4. The highest BCUT2D eigenvalue weighted by molar-refractivity contribution is 6.30. The number of ether oxygens (including phenoxy) is 1. The van der Waals surface area contributed by atoms with Crippen LogP contribution in [0.3, 0.4) is 0 Å². The van der Waals surface area contributed by atoms with Crippen molar-refractivity contribution in [2.24, 2.45) is 0 Å². The molecular weight excluding hydrogens is 374 g/mol. The maximum Gasteiger partial charge on any atom is 0.336 e. The number of hydrogen-bond donors (Lipinski definition) is 0. The predicted octanol–water partition coefficient (Wildman–Crippen LogP) is 5.18. The van der Waals surface area contributed by atoms with E-state index in [-0.39, 0.29) is 24.9 Å². The molecule has 1 aromatic rings. The number of halogens is 1. The lowest BCUT2D eigenvalue weighted by molar-refractivity contribution is -0.139. The molecule has 1 unspecified atom stereocenters. The number of amides is 1. The van der Waals surface area contributed by atoms with Crippen LogP contribution in [0, 0.1) is 0 Å². The molecule has 1 atom stereocenters. The second-order valence-electron chi connectivity index (χ2n) is 6.61. The molecule has 0 bridgehead atoms. The van der Waals surface area contributed by atoms with Gasteiger partial charge in [-0.1, -0.05) is 62.0 Å². The van der Waals surface area contributed by atoms with Crippen molar-refractivity contribution in [2.45, 2.75) is 32.6 Å². The minimum Gasteiger partial charge on any atom is -0.457 e. The molecule has 0 saturated carbocycles. The Hall–Kier alpha value is -2.59. The van der Waals surface area contributed by atoms with Crippen LogP contribution in [-0.2, 0) is 14.3 Å². The summed E-state index contributed by atoms with van der Waals surface area (Å²) >= 11 is 6.00. The van der Waals surface area contributed by atoms with E-state index in [2.05, 4.69) is 13.2 Å². The van der Waals surface area contributed by atoms with Crippen molar-refractivity contribution < 1.29 is 14.3 Å². The Labute approximate surface area is 171 Å². The summed E-state index contributed by atoms with van der Waals surface area (Å²) in [5.41, 5.74) is 2.78. The lowest BCUT2D eigenvalue weighted by atomic mass is 9.83. The first-order valence-electron chi connectivity index (χ1n) is 9.30. The number of rotatable bonds is 8. The summed E-state index contributed by atoms with van der Waals surface area (Å²) in [4.78, 5) is 27.4. The molecule has 148 valence electrons. The zero-order chi connectivity index (χ0) is 20.7. The zero-order valence-corrected chi connectivity index (χ0v) is 17.2. The van der Waals surface area contributed by atoms with E-state index in [0.717, 1.165) is 17.6 Å². The summed E-state index contributed by atoms with van der Waals surface area (Å²) in [5.74, 6) is -0.780. The molecule has 0 spiro atoms. The molecule has 1 aromatic carbocycles. The van der Waals surface area contributed by atoms with Gasteiger partial charge in [-0.3, -0.25) is 4.79 Å². The summed E-state index contributed by atoms with van der Waals surface area (Å²) in [6.07, 6.45) is 6.01. The van der Waals surface area contributed by atoms with Crippen molar-refractivity contribution >= 4 is 23.5 Å².